The molecule has 1 amide bonds. The lowest BCUT2D eigenvalue weighted by atomic mass is 10.1. The van der Waals surface area contributed by atoms with Crippen LogP contribution >= 0.6 is 0 Å². The van der Waals surface area contributed by atoms with Gasteiger partial charge in [0.05, 0.1) is 4.90 Å². The lowest BCUT2D eigenvalue weighted by molar-refractivity contribution is 0.0981. The van der Waals surface area contributed by atoms with Gasteiger partial charge in [0, 0.05) is 5.56 Å². The molecule has 126 valence electrons. The maximum absolute atomic E-state index is 12.5. The van der Waals surface area contributed by atoms with E-state index < -0.39 is 15.9 Å². The van der Waals surface area contributed by atoms with Crippen LogP contribution in [0.1, 0.15) is 27.9 Å². The first-order chi connectivity index (χ1) is 12.0. The minimum absolute atomic E-state index is 0.141. The molecule has 0 radical (unpaired) electrons. The molecule has 0 fully saturated rings. The first-order valence-electron chi connectivity index (χ1n) is 8.21. The summed E-state index contributed by atoms with van der Waals surface area (Å²) in [6.45, 7) is 0. The van der Waals surface area contributed by atoms with Crippen LogP contribution in [-0.2, 0) is 22.9 Å². The SMILES string of the molecule is O=C(NS(=O)(=O)c1ccc2c(c1)CCC2)c1ccc2ccccc2c1. The second-order valence-electron chi connectivity index (χ2n) is 6.28. The highest BCUT2D eigenvalue weighted by atomic mass is 32.2. The first kappa shape index (κ1) is 15.8. The van der Waals surface area contributed by atoms with E-state index in [1.54, 1.807) is 24.3 Å². The zero-order chi connectivity index (χ0) is 17.4. The largest absolute Gasteiger partial charge is 0.268 e. The second-order valence-corrected chi connectivity index (χ2v) is 7.96. The quantitative estimate of drug-likeness (QED) is 0.786. The van der Waals surface area contributed by atoms with Crippen molar-refractivity contribution >= 4 is 26.7 Å². The summed E-state index contributed by atoms with van der Waals surface area (Å²) in [6.07, 6.45) is 2.92. The number of sulfonamides is 1. The van der Waals surface area contributed by atoms with Crippen LogP contribution in [0.15, 0.2) is 65.6 Å². The number of amides is 1. The predicted molar refractivity (Wildman–Crippen MR) is 97.1 cm³/mol. The van der Waals surface area contributed by atoms with Gasteiger partial charge >= 0.3 is 0 Å². The van der Waals surface area contributed by atoms with Crippen LogP contribution in [0.3, 0.4) is 0 Å². The Bertz CT molecular complexity index is 1090. The van der Waals surface area contributed by atoms with Crippen molar-refractivity contribution in [1.29, 1.82) is 0 Å². The van der Waals surface area contributed by atoms with E-state index in [1.807, 2.05) is 36.4 Å². The van der Waals surface area contributed by atoms with Crippen LogP contribution in [0.5, 0.6) is 0 Å². The van der Waals surface area contributed by atoms with Crippen LogP contribution in [0.4, 0.5) is 0 Å². The van der Waals surface area contributed by atoms with Gasteiger partial charge in [-0.15, -0.1) is 0 Å². The van der Waals surface area contributed by atoms with Crippen LogP contribution in [0.25, 0.3) is 10.8 Å². The van der Waals surface area contributed by atoms with Crippen molar-refractivity contribution < 1.29 is 13.2 Å². The van der Waals surface area contributed by atoms with Crippen LogP contribution in [0, 0.1) is 0 Å². The van der Waals surface area contributed by atoms with Gasteiger partial charge in [-0.3, -0.25) is 4.79 Å². The minimum Gasteiger partial charge on any atom is -0.268 e. The Morgan fingerprint density at radius 3 is 2.44 bits per heavy atom. The molecule has 0 saturated heterocycles. The number of benzene rings is 3. The first-order valence-corrected chi connectivity index (χ1v) is 9.69. The van der Waals surface area contributed by atoms with E-state index in [0.717, 1.165) is 35.6 Å². The van der Waals surface area contributed by atoms with Gasteiger partial charge in [0.1, 0.15) is 0 Å². The fourth-order valence-corrected chi connectivity index (χ4v) is 4.31. The molecule has 3 aromatic rings. The van der Waals surface area contributed by atoms with Crippen LogP contribution in [0.2, 0.25) is 0 Å². The zero-order valence-electron chi connectivity index (χ0n) is 13.5. The van der Waals surface area contributed by atoms with Crippen molar-refractivity contribution in [3.63, 3.8) is 0 Å². The number of hydrogen-bond donors (Lipinski definition) is 1. The molecule has 3 aromatic carbocycles. The summed E-state index contributed by atoms with van der Waals surface area (Å²) in [5.74, 6) is -0.619. The smallest absolute Gasteiger partial charge is 0.265 e. The topological polar surface area (TPSA) is 63.2 Å². The Labute approximate surface area is 146 Å². The Hall–Kier alpha value is -2.66. The van der Waals surface area contributed by atoms with E-state index >= 15 is 0 Å². The van der Waals surface area contributed by atoms with E-state index in [1.165, 1.54) is 5.56 Å². The van der Waals surface area contributed by atoms with E-state index in [4.69, 9.17) is 0 Å². The molecule has 4 rings (SSSR count). The van der Waals surface area contributed by atoms with Gasteiger partial charge in [-0.1, -0.05) is 36.4 Å². The van der Waals surface area contributed by atoms with Gasteiger partial charge < -0.3 is 0 Å². The molecule has 0 aliphatic heterocycles. The summed E-state index contributed by atoms with van der Waals surface area (Å²) in [4.78, 5) is 12.6. The Balaban J connectivity index is 1.62. The normalized spacial score (nSPS) is 13.6. The molecule has 1 aliphatic rings. The van der Waals surface area contributed by atoms with Crippen molar-refractivity contribution in [2.45, 2.75) is 24.2 Å². The predicted octanol–water partition coefficient (Wildman–Crippen LogP) is 3.45. The van der Waals surface area contributed by atoms with Crippen LogP contribution < -0.4 is 4.72 Å². The zero-order valence-corrected chi connectivity index (χ0v) is 14.3. The number of carbonyl (C=O) groups is 1. The second kappa shape index (κ2) is 6.01. The number of rotatable bonds is 3. The molecule has 25 heavy (non-hydrogen) atoms. The molecular weight excluding hydrogens is 334 g/mol. The molecule has 5 heteroatoms. The number of carbonyl (C=O) groups excluding carboxylic acids is 1. The Morgan fingerprint density at radius 2 is 1.60 bits per heavy atom. The lowest BCUT2D eigenvalue weighted by Gasteiger charge is -2.09. The van der Waals surface area contributed by atoms with E-state index in [0.29, 0.717) is 5.56 Å². The highest BCUT2D eigenvalue weighted by Gasteiger charge is 2.21. The van der Waals surface area contributed by atoms with Crippen molar-refractivity contribution in [3.05, 3.63) is 77.4 Å². The molecule has 1 aliphatic carbocycles. The van der Waals surface area contributed by atoms with Crippen molar-refractivity contribution in [2.24, 2.45) is 0 Å². The average Bonchev–Trinajstić information content (AvgIpc) is 3.08. The van der Waals surface area contributed by atoms with Crippen LogP contribution in [-0.4, -0.2) is 14.3 Å². The van der Waals surface area contributed by atoms with Crippen molar-refractivity contribution in [2.75, 3.05) is 0 Å². The molecule has 1 N–H and O–H groups in total. The summed E-state index contributed by atoms with van der Waals surface area (Å²) >= 11 is 0. The van der Waals surface area contributed by atoms with E-state index in [-0.39, 0.29) is 4.90 Å². The van der Waals surface area contributed by atoms with E-state index in [2.05, 4.69) is 4.72 Å². The van der Waals surface area contributed by atoms with Crippen molar-refractivity contribution in [1.82, 2.24) is 4.72 Å². The number of hydrogen-bond acceptors (Lipinski definition) is 3. The molecule has 0 saturated carbocycles. The summed E-state index contributed by atoms with van der Waals surface area (Å²) < 4.78 is 27.3. The number of nitrogens with one attached hydrogen (secondary N) is 1. The van der Waals surface area contributed by atoms with Gasteiger partial charge in [0.2, 0.25) is 0 Å². The molecule has 0 bridgehead atoms. The fraction of sp³-hybridized carbons (Fsp3) is 0.150. The molecule has 0 atom stereocenters. The van der Waals surface area contributed by atoms with E-state index in [9.17, 15) is 13.2 Å². The van der Waals surface area contributed by atoms with Gasteiger partial charge in [-0.2, -0.15) is 0 Å². The van der Waals surface area contributed by atoms with Gasteiger partial charge in [-0.05, 0) is 65.4 Å². The highest BCUT2D eigenvalue weighted by Crippen LogP contribution is 2.25. The Morgan fingerprint density at radius 1 is 0.840 bits per heavy atom. The molecule has 0 spiro atoms. The maximum atomic E-state index is 12.5. The third-order valence-electron chi connectivity index (χ3n) is 4.62. The third kappa shape index (κ3) is 3.03. The molecule has 4 nitrogen and oxygen atoms in total. The standard InChI is InChI=1S/C20H17NO3S/c22-20(18-9-8-14-4-1-2-5-16(14)12-18)21-25(23,24)19-11-10-15-6-3-7-17(15)13-19/h1-2,4-5,8-13H,3,6-7H2,(H,21,22). The van der Waals surface area contributed by atoms with Gasteiger partial charge in [0.25, 0.3) is 15.9 Å². The van der Waals surface area contributed by atoms with Crippen molar-refractivity contribution in [3.8, 4) is 0 Å². The molecular formula is C20H17NO3S. The summed E-state index contributed by atoms with van der Waals surface area (Å²) in [5, 5.41) is 1.89. The minimum atomic E-state index is -3.88. The van der Waals surface area contributed by atoms with Gasteiger partial charge in [-0.25, -0.2) is 13.1 Å². The summed E-state index contributed by atoms with van der Waals surface area (Å²) in [7, 11) is -3.88. The van der Waals surface area contributed by atoms with Gasteiger partial charge in [0.15, 0.2) is 0 Å². The lowest BCUT2D eigenvalue weighted by Crippen LogP contribution is -2.30. The monoisotopic (exact) mass is 351 g/mol. The summed E-state index contributed by atoms with van der Waals surface area (Å²) in [6, 6.07) is 17.9. The number of fused-ring (bicyclic) bond motifs is 2. The number of aryl methyl sites for hydroxylation is 2. The Kier molecular flexibility index (Phi) is 3.81. The highest BCUT2D eigenvalue weighted by molar-refractivity contribution is 7.90. The molecule has 0 aromatic heterocycles. The molecule has 0 heterocycles. The molecule has 0 unspecified atom stereocenters. The summed E-state index contributed by atoms with van der Waals surface area (Å²) in [5.41, 5.74) is 2.57. The average molecular weight is 351 g/mol. The third-order valence-corrected chi connectivity index (χ3v) is 5.95. The fourth-order valence-electron chi connectivity index (χ4n) is 3.29. The maximum Gasteiger partial charge on any atom is 0.265 e.